The van der Waals surface area contributed by atoms with Gasteiger partial charge >= 0.3 is 0 Å². The molecule has 0 aliphatic carbocycles. The molecule has 5 rings (SSSR count). The maximum Gasteiger partial charge on any atom is 0.295 e. The number of halogens is 1. The van der Waals surface area contributed by atoms with Crippen LogP contribution in [0, 0.1) is 0 Å². The third-order valence-corrected chi connectivity index (χ3v) is 6.98. The number of nitrogens with zero attached hydrogens (tertiary/aromatic N) is 2. The van der Waals surface area contributed by atoms with E-state index < -0.39 is 17.7 Å². The lowest BCUT2D eigenvalue weighted by atomic mass is 9.94. The van der Waals surface area contributed by atoms with Crippen molar-refractivity contribution in [3.05, 3.63) is 87.2 Å². The van der Waals surface area contributed by atoms with Gasteiger partial charge in [-0.15, -0.1) is 0 Å². The maximum absolute atomic E-state index is 13.4. The van der Waals surface area contributed by atoms with Gasteiger partial charge in [0.2, 0.25) is 0 Å². The third kappa shape index (κ3) is 4.09. The molecule has 2 N–H and O–H groups in total. The lowest BCUT2D eigenvalue weighted by molar-refractivity contribution is -0.140. The highest BCUT2D eigenvalue weighted by Gasteiger charge is 2.46. The van der Waals surface area contributed by atoms with Gasteiger partial charge in [-0.1, -0.05) is 6.07 Å². The second-order valence-corrected chi connectivity index (χ2v) is 9.65. The normalized spacial score (nSPS) is 20.4. The minimum absolute atomic E-state index is 0.0178. The van der Waals surface area contributed by atoms with E-state index in [1.807, 2.05) is 6.92 Å². The molecule has 0 saturated carbocycles. The van der Waals surface area contributed by atoms with Gasteiger partial charge in [0.15, 0.2) is 11.5 Å². The summed E-state index contributed by atoms with van der Waals surface area (Å²) in [5.41, 5.74) is 2.50. The number of pyridine rings is 1. The molecule has 2 aromatic carbocycles. The van der Waals surface area contributed by atoms with Crippen LogP contribution in [-0.4, -0.2) is 45.0 Å². The number of aromatic hydroxyl groups is 1. The highest BCUT2D eigenvalue weighted by molar-refractivity contribution is 9.10. The van der Waals surface area contributed by atoms with Crippen molar-refractivity contribution < 1.29 is 29.3 Å². The van der Waals surface area contributed by atoms with E-state index in [1.54, 1.807) is 54.9 Å². The van der Waals surface area contributed by atoms with Gasteiger partial charge < -0.3 is 24.6 Å². The molecule has 9 heteroatoms. The quantitative estimate of drug-likeness (QED) is 0.273. The fourth-order valence-corrected chi connectivity index (χ4v) is 5.17. The lowest BCUT2D eigenvalue weighted by Gasteiger charge is -2.26. The Bertz CT molecular complexity index is 1400. The number of amides is 1. The highest BCUT2D eigenvalue weighted by atomic mass is 79.9. The van der Waals surface area contributed by atoms with Gasteiger partial charge in [-0.3, -0.25) is 14.6 Å². The number of likely N-dealkylation sites (tertiary alicyclic amines) is 1. The zero-order chi connectivity index (χ0) is 25.6. The van der Waals surface area contributed by atoms with Crippen molar-refractivity contribution in [2.24, 2.45) is 0 Å². The molecule has 2 aliphatic heterocycles. The molecule has 36 heavy (non-hydrogen) atoms. The van der Waals surface area contributed by atoms with Crippen LogP contribution in [0.5, 0.6) is 17.2 Å². The lowest BCUT2D eigenvalue weighted by Crippen LogP contribution is -2.29. The summed E-state index contributed by atoms with van der Waals surface area (Å²) in [6.45, 7) is 2.05. The number of rotatable bonds is 5. The SMILES string of the molecule is COc1cc(C2/C(=C(\O)c3ccc4c(c3)CC(C)O4)C(=O)C(=O)N2Cc2cccnc2)cc(Br)c1O. The first-order valence-electron chi connectivity index (χ1n) is 11.3. The molecule has 1 amide bonds. The number of methoxy groups -OCH3 is 1. The molecule has 3 aromatic rings. The summed E-state index contributed by atoms with van der Waals surface area (Å²) in [5.74, 6) is -1.04. The van der Waals surface area contributed by atoms with Crippen molar-refractivity contribution >= 4 is 33.4 Å². The van der Waals surface area contributed by atoms with Crippen molar-refractivity contribution in [1.82, 2.24) is 9.88 Å². The van der Waals surface area contributed by atoms with E-state index in [-0.39, 0.29) is 35.5 Å². The monoisotopic (exact) mass is 550 g/mol. The Morgan fingerprint density at radius 2 is 2.06 bits per heavy atom. The number of ketones is 1. The van der Waals surface area contributed by atoms with Gasteiger partial charge in [0, 0.05) is 30.9 Å². The van der Waals surface area contributed by atoms with E-state index in [9.17, 15) is 19.8 Å². The second-order valence-electron chi connectivity index (χ2n) is 8.80. The number of aliphatic hydroxyl groups excluding tert-OH is 1. The van der Waals surface area contributed by atoms with E-state index in [4.69, 9.17) is 9.47 Å². The zero-order valence-corrected chi connectivity index (χ0v) is 21.2. The molecular weight excluding hydrogens is 528 g/mol. The Hall–Kier alpha value is -3.85. The summed E-state index contributed by atoms with van der Waals surface area (Å²) < 4.78 is 11.4. The number of phenols is 1. The number of fused-ring (bicyclic) bond motifs is 1. The first-order valence-corrected chi connectivity index (χ1v) is 12.1. The third-order valence-electron chi connectivity index (χ3n) is 6.37. The Morgan fingerprint density at radius 3 is 2.78 bits per heavy atom. The topological polar surface area (TPSA) is 109 Å². The van der Waals surface area contributed by atoms with E-state index >= 15 is 0 Å². The molecule has 1 fully saturated rings. The summed E-state index contributed by atoms with van der Waals surface area (Å²) in [6.07, 6.45) is 3.93. The molecule has 0 spiro atoms. The molecule has 0 bridgehead atoms. The highest BCUT2D eigenvalue weighted by Crippen LogP contribution is 2.45. The predicted octanol–water partition coefficient (Wildman–Crippen LogP) is 4.50. The molecule has 184 valence electrons. The van der Waals surface area contributed by atoms with Crippen LogP contribution in [0.2, 0.25) is 0 Å². The first kappa shape index (κ1) is 23.9. The van der Waals surface area contributed by atoms with Crippen LogP contribution in [0.25, 0.3) is 5.76 Å². The van der Waals surface area contributed by atoms with Gasteiger partial charge in [-0.05, 0) is 75.9 Å². The Kier molecular flexibility index (Phi) is 6.17. The zero-order valence-electron chi connectivity index (χ0n) is 19.6. The van der Waals surface area contributed by atoms with Gasteiger partial charge in [0.25, 0.3) is 11.7 Å². The van der Waals surface area contributed by atoms with Crippen LogP contribution in [0.4, 0.5) is 0 Å². The molecule has 0 radical (unpaired) electrons. The Balaban J connectivity index is 1.68. The van der Waals surface area contributed by atoms with E-state index in [1.165, 1.54) is 12.0 Å². The fraction of sp³-hybridized carbons (Fsp3) is 0.222. The minimum Gasteiger partial charge on any atom is -0.507 e. The van der Waals surface area contributed by atoms with E-state index in [0.29, 0.717) is 22.0 Å². The number of hydrogen-bond acceptors (Lipinski definition) is 7. The van der Waals surface area contributed by atoms with Crippen LogP contribution in [0.15, 0.2) is 64.9 Å². The standard InChI is InChI=1S/C27H23BrN2O6/c1-14-8-17-9-16(5-6-20(17)36-14)24(31)22-23(18-10-19(28)25(32)21(11-18)35-2)30(27(34)26(22)33)13-15-4-3-7-29-12-15/h3-7,9-12,14,23,31-32H,8,13H2,1-2H3/b24-22+. The molecule has 2 aliphatic rings. The number of ether oxygens (including phenoxy) is 2. The van der Waals surface area contributed by atoms with Gasteiger partial charge in [-0.2, -0.15) is 0 Å². The molecular formula is C27H23BrN2O6. The first-order chi connectivity index (χ1) is 17.3. The van der Waals surface area contributed by atoms with Crippen LogP contribution in [0.1, 0.15) is 35.2 Å². The molecule has 2 unspecified atom stereocenters. The predicted molar refractivity (Wildman–Crippen MR) is 135 cm³/mol. The average Bonchev–Trinajstić information content (AvgIpc) is 3.37. The number of carbonyl (C=O) groups is 2. The largest absolute Gasteiger partial charge is 0.507 e. The Labute approximate surface area is 215 Å². The average molecular weight is 551 g/mol. The van der Waals surface area contributed by atoms with Crippen molar-refractivity contribution in [3.63, 3.8) is 0 Å². The van der Waals surface area contributed by atoms with Crippen LogP contribution < -0.4 is 9.47 Å². The smallest absolute Gasteiger partial charge is 0.295 e. The van der Waals surface area contributed by atoms with Gasteiger partial charge in [0.1, 0.15) is 17.6 Å². The number of phenolic OH excluding ortho intramolecular Hbond substituents is 1. The molecule has 2 atom stereocenters. The fourth-order valence-electron chi connectivity index (χ4n) is 4.71. The molecule has 8 nitrogen and oxygen atoms in total. The molecule has 3 heterocycles. The number of aromatic nitrogens is 1. The van der Waals surface area contributed by atoms with Crippen molar-refractivity contribution in [1.29, 1.82) is 0 Å². The molecule has 1 aromatic heterocycles. The number of carbonyl (C=O) groups excluding carboxylic acids is 2. The number of aliphatic hydroxyl groups is 1. The second kappa shape index (κ2) is 9.31. The summed E-state index contributed by atoms with van der Waals surface area (Å²) in [4.78, 5) is 32.1. The summed E-state index contributed by atoms with van der Waals surface area (Å²) in [6, 6.07) is 11.0. The van der Waals surface area contributed by atoms with Crippen molar-refractivity contribution in [3.8, 4) is 17.2 Å². The minimum atomic E-state index is -0.931. The summed E-state index contributed by atoms with van der Waals surface area (Å²) in [7, 11) is 1.41. The van der Waals surface area contributed by atoms with Crippen LogP contribution >= 0.6 is 15.9 Å². The molecule has 1 saturated heterocycles. The number of hydrogen-bond donors (Lipinski definition) is 2. The van der Waals surface area contributed by atoms with Crippen LogP contribution in [0.3, 0.4) is 0 Å². The number of Topliss-reactive ketones (excluding diaryl/α,β-unsaturated/α-hetero) is 1. The van der Waals surface area contributed by atoms with E-state index in [2.05, 4.69) is 20.9 Å². The Morgan fingerprint density at radius 1 is 1.25 bits per heavy atom. The van der Waals surface area contributed by atoms with Gasteiger partial charge in [-0.25, -0.2) is 0 Å². The maximum atomic E-state index is 13.4. The van der Waals surface area contributed by atoms with Gasteiger partial charge in [0.05, 0.1) is 23.2 Å². The van der Waals surface area contributed by atoms with E-state index in [0.717, 1.165) is 16.9 Å². The van der Waals surface area contributed by atoms with Crippen molar-refractivity contribution in [2.45, 2.75) is 32.0 Å². The summed E-state index contributed by atoms with van der Waals surface area (Å²) >= 11 is 3.32. The number of benzene rings is 2. The summed E-state index contributed by atoms with van der Waals surface area (Å²) in [5, 5.41) is 21.7. The van der Waals surface area contributed by atoms with Crippen LogP contribution in [-0.2, 0) is 22.6 Å². The van der Waals surface area contributed by atoms with Crippen molar-refractivity contribution in [2.75, 3.05) is 7.11 Å².